The van der Waals surface area contributed by atoms with Crippen LogP contribution in [-0.2, 0) is 5.33 Å². The summed E-state index contributed by atoms with van der Waals surface area (Å²) in [6.45, 7) is 0. The van der Waals surface area contributed by atoms with Gasteiger partial charge in [-0.15, -0.1) is 0 Å². The number of rotatable bonds is 1. The van der Waals surface area contributed by atoms with Crippen molar-refractivity contribution in [1.82, 2.24) is 4.98 Å². The van der Waals surface area contributed by atoms with E-state index in [1.54, 1.807) is 18.3 Å². The number of Topliss-reactive ketones (excluding diaryl/α,β-unsaturated/α-hetero) is 2. The second kappa shape index (κ2) is 4.28. The highest BCUT2D eigenvalue weighted by molar-refractivity contribution is 9.08. The van der Waals surface area contributed by atoms with Gasteiger partial charge in [-0.05, 0) is 24.5 Å². The lowest BCUT2D eigenvalue weighted by Crippen LogP contribution is -2.24. The third kappa shape index (κ3) is 1.60. The lowest BCUT2D eigenvalue weighted by Gasteiger charge is -2.20. The van der Waals surface area contributed by atoms with E-state index in [4.69, 9.17) is 0 Å². The number of hydrogen-bond acceptors (Lipinski definition) is 3. The molecule has 3 rings (SSSR count). The van der Waals surface area contributed by atoms with E-state index >= 15 is 0 Å². The monoisotopic (exact) mass is 303 g/mol. The molecule has 90 valence electrons. The van der Waals surface area contributed by atoms with Crippen molar-refractivity contribution in [1.29, 1.82) is 0 Å². The molecule has 0 amide bonds. The summed E-state index contributed by atoms with van der Waals surface area (Å²) in [5.74, 6) is -0.170. The minimum absolute atomic E-state index is 0.0779. The maximum atomic E-state index is 12.3. The first-order valence-electron chi connectivity index (χ1n) is 5.76. The molecule has 1 aromatic heterocycles. The molecule has 0 radical (unpaired) electrons. The fourth-order valence-electron chi connectivity index (χ4n) is 2.34. The van der Waals surface area contributed by atoms with Crippen LogP contribution in [0.25, 0.3) is 0 Å². The summed E-state index contributed by atoms with van der Waals surface area (Å²) < 4.78 is 0. The number of halogens is 1. The quantitative estimate of drug-likeness (QED) is 0.749. The van der Waals surface area contributed by atoms with E-state index in [2.05, 4.69) is 20.9 Å². The van der Waals surface area contributed by atoms with Crippen molar-refractivity contribution in [2.24, 2.45) is 0 Å². The van der Waals surface area contributed by atoms with Gasteiger partial charge in [-0.3, -0.25) is 14.6 Å². The summed E-state index contributed by atoms with van der Waals surface area (Å²) in [5, 5.41) is 0.622. The average molecular weight is 304 g/mol. The van der Waals surface area contributed by atoms with Crippen LogP contribution in [0.1, 0.15) is 39.3 Å². The lowest BCUT2D eigenvalue weighted by molar-refractivity contribution is 0.0970. The first kappa shape index (κ1) is 11.5. The highest BCUT2D eigenvalue weighted by Gasteiger charge is 2.32. The van der Waals surface area contributed by atoms with Crippen LogP contribution >= 0.6 is 15.9 Å². The number of ketones is 2. The van der Waals surface area contributed by atoms with Gasteiger partial charge in [-0.2, -0.15) is 0 Å². The van der Waals surface area contributed by atoms with E-state index in [0.29, 0.717) is 34.2 Å². The summed E-state index contributed by atoms with van der Waals surface area (Å²) in [5.41, 5.74) is 2.81. The van der Waals surface area contributed by atoms with Crippen LogP contribution in [-0.4, -0.2) is 16.6 Å². The van der Waals surface area contributed by atoms with Crippen molar-refractivity contribution in [2.45, 2.75) is 18.2 Å². The number of hydrogen-bond donors (Lipinski definition) is 0. The molecule has 2 aliphatic carbocycles. The Labute approximate surface area is 113 Å². The Bertz CT molecular complexity index is 629. The van der Waals surface area contributed by atoms with Crippen LogP contribution in [0.4, 0.5) is 0 Å². The normalized spacial score (nSPS) is 17.8. The molecule has 1 aromatic rings. The molecule has 0 saturated carbocycles. The number of alkyl halides is 1. The van der Waals surface area contributed by atoms with Crippen LogP contribution in [0, 0.1) is 0 Å². The molecule has 4 heteroatoms. The van der Waals surface area contributed by atoms with Crippen molar-refractivity contribution in [3.63, 3.8) is 0 Å². The largest absolute Gasteiger partial charge is 0.289 e. The first-order valence-corrected chi connectivity index (χ1v) is 6.88. The molecule has 0 aromatic carbocycles. The minimum Gasteiger partial charge on any atom is -0.289 e. The SMILES string of the molecule is O=C1C2=C(CCC=C2)C(=O)c2ncc(CBr)cc21. The number of carbonyl (C=O) groups excluding carboxylic acids is 2. The van der Waals surface area contributed by atoms with Crippen molar-refractivity contribution in [3.05, 3.63) is 52.4 Å². The van der Waals surface area contributed by atoms with Gasteiger partial charge in [0.2, 0.25) is 5.78 Å². The van der Waals surface area contributed by atoms with Crippen LogP contribution in [0.15, 0.2) is 35.6 Å². The van der Waals surface area contributed by atoms with E-state index in [-0.39, 0.29) is 11.6 Å². The molecule has 0 unspecified atom stereocenters. The van der Waals surface area contributed by atoms with Gasteiger partial charge in [0.1, 0.15) is 5.69 Å². The first-order chi connectivity index (χ1) is 8.72. The van der Waals surface area contributed by atoms with Gasteiger partial charge in [0, 0.05) is 22.7 Å². The topological polar surface area (TPSA) is 47.0 Å². The van der Waals surface area contributed by atoms with Crippen LogP contribution < -0.4 is 0 Å². The maximum absolute atomic E-state index is 12.3. The Morgan fingerprint density at radius 1 is 1.28 bits per heavy atom. The average Bonchev–Trinajstić information content (AvgIpc) is 2.44. The van der Waals surface area contributed by atoms with Crippen LogP contribution in [0.3, 0.4) is 0 Å². The molecule has 0 N–H and O–H groups in total. The van der Waals surface area contributed by atoms with Crippen molar-refractivity contribution in [3.8, 4) is 0 Å². The second-order valence-electron chi connectivity index (χ2n) is 4.36. The molecule has 18 heavy (non-hydrogen) atoms. The third-order valence-corrected chi connectivity index (χ3v) is 3.90. The van der Waals surface area contributed by atoms with Crippen molar-refractivity contribution in [2.75, 3.05) is 0 Å². The van der Waals surface area contributed by atoms with Gasteiger partial charge in [-0.25, -0.2) is 0 Å². The van der Waals surface area contributed by atoms with Gasteiger partial charge < -0.3 is 0 Å². The highest BCUT2D eigenvalue weighted by Crippen LogP contribution is 2.31. The number of nitrogens with zero attached hydrogens (tertiary/aromatic N) is 1. The van der Waals surface area contributed by atoms with E-state index in [0.717, 1.165) is 12.0 Å². The van der Waals surface area contributed by atoms with Crippen LogP contribution in [0.2, 0.25) is 0 Å². The van der Waals surface area contributed by atoms with Crippen molar-refractivity contribution >= 4 is 27.5 Å². The predicted octanol–water partition coefficient (Wildman–Crippen LogP) is 3.00. The van der Waals surface area contributed by atoms with E-state index in [1.807, 2.05) is 6.08 Å². The second-order valence-corrected chi connectivity index (χ2v) is 4.93. The van der Waals surface area contributed by atoms with E-state index < -0.39 is 0 Å². The fourth-order valence-corrected chi connectivity index (χ4v) is 2.64. The fraction of sp³-hybridized carbons (Fsp3) is 0.214. The highest BCUT2D eigenvalue weighted by atomic mass is 79.9. The van der Waals surface area contributed by atoms with Gasteiger partial charge in [-0.1, -0.05) is 28.1 Å². The number of fused-ring (bicyclic) bond motifs is 1. The van der Waals surface area contributed by atoms with Crippen LogP contribution in [0.5, 0.6) is 0 Å². The zero-order valence-corrected chi connectivity index (χ0v) is 11.2. The third-order valence-electron chi connectivity index (χ3n) is 3.25. The van der Waals surface area contributed by atoms with E-state index in [9.17, 15) is 9.59 Å². The van der Waals surface area contributed by atoms with Gasteiger partial charge >= 0.3 is 0 Å². The Kier molecular flexibility index (Phi) is 2.74. The number of carbonyl (C=O) groups is 2. The molecule has 3 nitrogen and oxygen atoms in total. The molecule has 2 aliphatic rings. The van der Waals surface area contributed by atoms with Gasteiger partial charge in [0.05, 0.1) is 5.56 Å². The lowest BCUT2D eigenvalue weighted by atomic mass is 9.82. The molecule has 1 heterocycles. The Morgan fingerprint density at radius 2 is 2.11 bits per heavy atom. The molecular formula is C14H10BrNO2. The van der Waals surface area contributed by atoms with E-state index in [1.165, 1.54) is 0 Å². The van der Waals surface area contributed by atoms with Gasteiger partial charge in [0.15, 0.2) is 5.78 Å². The standard InChI is InChI=1S/C14H10BrNO2/c15-6-8-5-11-12(16-7-8)14(18)10-4-2-1-3-9(10)13(11)17/h1,3,5,7H,2,4,6H2. The zero-order valence-electron chi connectivity index (χ0n) is 9.57. The summed E-state index contributed by atoms with van der Waals surface area (Å²) in [4.78, 5) is 28.8. The summed E-state index contributed by atoms with van der Waals surface area (Å²) in [6, 6.07) is 1.75. The smallest absolute Gasteiger partial charge is 0.208 e. The minimum atomic E-state index is -0.0925. The molecule has 0 bridgehead atoms. The summed E-state index contributed by atoms with van der Waals surface area (Å²) in [6.07, 6.45) is 6.80. The number of pyridine rings is 1. The Balaban J connectivity index is 2.20. The zero-order chi connectivity index (χ0) is 12.7. The molecule has 0 spiro atoms. The predicted molar refractivity (Wildman–Crippen MR) is 70.9 cm³/mol. The Morgan fingerprint density at radius 3 is 2.89 bits per heavy atom. The number of aromatic nitrogens is 1. The van der Waals surface area contributed by atoms with Gasteiger partial charge in [0.25, 0.3) is 0 Å². The summed E-state index contributed by atoms with van der Waals surface area (Å²) >= 11 is 3.33. The molecule has 0 saturated heterocycles. The Hall–Kier alpha value is -1.55. The summed E-state index contributed by atoms with van der Waals surface area (Å²) in [7, 11) is 0. The molecular weight excluding hydrogens is 294 g/mol. The van der Waals surface area contributed by atoms with Crippen molar-refractivity contribution < 1.29 is 9.59 Å². The molecule has 0 aliphatic heterocycles. The molecule has 0 fully saturated rings. The maximum Gasteiger partial charge on any atom is 0.208 e. The molecule has 0 atom stereocenters. The number of allylic oxidation sites excluding steroid dienone is 4.